The molecule has 1 rings (SSSR count). The van der Waals surface area contributed by atoms with Crippen LogP contribution < -0.4 is 6.15 Å². The van der Waals surface area contributed by atoms with Crippen molar-refractivity contribution in [2.24, 2.45) is 0 Å². The number of methoxy groups -OCH3 is 2. The van der Waals surface area contributed by atoms with Crippen LogP contribution in [0.3, 0.4) is 0 Å². The van der Waals surface area contributed by atoms with Gasteiger partial charge in [-0.2, -0.15) is 0 Å². The zero-order valence-corrected chi connectivity index (χ0v) is 11.4. The van der Waals surface area contributed by atoms with E-state index >= 15 is 0 Å². The van der Waals surface area contributed by atoms with Crippen LogP contribution in [0.15, 0.2) is 41.5 Å². The molecule has 0 atom stereocenters. The average Bonchev–Trinajstić information content (AvgIpc) is 2.43. The Labute approximate surface area is 112 Å². The second-order valence-electron chi connectivity index (χ2n) is 3.75. The van der Waals surface area contributed by atoms with Crippen LogP contribution in [0.4, 0.5) is 0 Å². The standard InChI is InChI=1S/C14H16O4.H3N/c1-10(13(15)17-2)12(14(16)18-3)9-11-7-5-4-6-8-11;/h4-8H,9H2,1-3H3;1H3/b12-10-;. The summed E-state index contributed by atoms with van der Waals surface area (Å²) in [6, 6.07) is 9.40. The molecule has 5 heteroatoms. The molecule has 0 saturated heterocycles. The van der Waals surface area contributed by atoms with Gasteiger partial charge in [0.05, 0.1) is 19.8 Å². The number of rotatable bonds is 4. The van der Waals surface area contributed by atoms with Crippen molar-refractivity contribution in [1.29, 1.82) is 0 Å². The lowest BCUT2D eigenvalue weighted by molar-refractivity contribution is -0.139. The van der Waals surface area contributed by atoms with E-state index in [0.717, 1.165) is 5.56 Å². The molecule has 104 valence electrons. The van der Waals surface area contributed by atoms with E-state index in [2.05, 4.69) is 4.74 Å². The normalized spacial score (nSPS) is 10.9. The largest absolute Gasteiger partial charge is 0.466 e. The van der Waals surface area contributed by atoms with Crippen molar-refractivity contribution in [2.75, 3.05) is 14.2 Å². The first-order valence-corrected chi connectivity index (χ1v) is 5.50. The van der Waals surface area contributed by atoms with Gasteiger partial charge in [-0.25, -0.2) is 9.59 Å². The summed E-state index contributed by atoms with van der Waals surface area (Å²) in [4.78, 5) is 23.2. The molecular formula is C14H19NO4. The predicted octanol–water partition coefficient (Wildman–Crippen LogP) is 2.05. The first-order chi connectivity index (χ1) is 8.60. The smallest absolute Gasteiger partial charge is 0.334 e. The quantitative estimate of drug-likeness (QED) is 0.665. The first kappa shape index (κ1) is 16.9. The molecule has 0 spiro atoms. The molecule has 0 aliphatic carbocycles. The third-order valence-electron chi connectivity index (χ3n) is 2.60. The molecular weight excluding hydrogens is 246 g/mol. The Kier molecular flexibility index (Phi) is 7.14. The van der Waals surface area contributed by atoms with Gasteiger partial charge in [-0.05, 0) is 12.5 Å². The average molecular weight is 265 g/mol. The molecule has 0 unspecified atom stereocenters. The second-order valence-corrected chi connectivity index (χ2v) is 3.75. The highest BCUT2D eigenvalue weighted by atomic mass is 16.5. The third kappa shape index (κ3) is 4.56. The first-order valence-electron chi connectivity index (χ1n) is 5.50. The van der Waals surface area contributed by atoms with Crippen LogP contribution in [0.5, 0.6) is 0 Å². The number of ether oxygens (including phenoxy) is 2. The van der Waals surface area contributed by atoms with Crippen LogP contribution >= 0.6 is 0 Å². The molecule has 0 aliphatic rings. The van der Waals surface area contributed by atoms with Crippen molar-refractivity contribution in [3.8, 4) is 0 Å². The minimum absolute atomic E-state index is 0. The van der Waals surface area contributed by atoms with Crippen LogP contribution in [0.2, 0.25) is 0 Å². The maximum atomic E-state index is 11.7. The fourth-order valence-corrected chi connectivity index (χ4v) is 1.56. The minimum Gasteiger partial charge on any atom is -0.466 e. The molecule has 1 aromatic carbocycles. The van der Waals surface area contributed by atoms with Crippen LogP contribution in [0.25, 0.3) is 0 Å². The van der Waals surface area contributed by atoms with Crippen molar-refractivity contribution in [2.45, 2.75) is 13.3 Å². The lowest BCUT2D eigenvalue weighted by atomic mass is 10.0. The molecule has 0 radical (unpaired) electrons. The van der Waals surface area contributed by atoms with Crippen molar-refractivity contribution in [3.63, 3.8) is 0 Å². The van der Waals surface area contributed by atoms with Crippen LogP contribution in [-0.4, -0.2) is 26.2 Å². The van der Waals surface area contributed by atoms with Gasteiger partial charge in [0.15, 0.2) is 0 Å². The van der Waals surface area contributed by atoms with Crippen LogP contribution in [0, 0.1) is 0 Å². The Morgan fingerprint density at radius 3 is 2.00 bits per heavy atom. The molecule has 5 nitrogen and oxygen atoms in total. The summed E-state index contributed by atoms with van der Waals surface area (Å²) < 4.78 is 9.32. The molecule has 0 aromatic heterocycles. The van der Waals surface area contributed by atoms with Crippen LogP contribution in [-0.2, 0) is 25.5 Å². The lowest BCUT2D eigenvalue weighted by Gasteiger charge is -2.09. The Balaban J connectivity index is 0.00000324. The van der Waals surface area contributed by atoms with Gasteiger partial charge in [0, 0.05) is 12.0 Å². The molecule has 0 fully saturated rings. The van der Waals surface area contributed by atoms with Gasteiger partial charge in [-0.3, -0.25) is 0 Å². The fraction of sp³-hybridized carbons (Fsp3) is 0.286. The summed E-state index contributed by atoms with van der Waals surface area (Å²) in [5.74, 6) is -1.03. The minimum atomic E-state index is -0.522. The van der Waals surface area contributed by atoms with Gasteiger partial charge in [0.25, 0.3) is 0 Å². The number of carbonyl (C=O) groups is 2. The maximum Gasteiger partial charge on any atom is 0.334 e. The second kappa shape index (κ2) is 8.05. The van der Waals surface area contributed by atoms with Crippen molar-refractivity contribution < 1.29 is 19.1 Å². The summed E-state index contributed by atoms with van der Waals surface area (Å²) in [6.07, 6.45) is 0.342. The zero-order valence-electron chi connectivity index (χ0n) is 11.4. The molecule has 19 heavy (non-hydrogen) atoms. The van der Waals surface area contributed by atoms with E-state index in [9.17, 15) is 9.59 Å². The van der Waals surface area contributed by atoms with E-state index in [-0.39, 0.29) is 11.7 Å². The SMILES string of the molecule is COC(=O)/C(C)=C(/Cc1ccccc1)C(=O)OC.N. The van der Waals surface area contributed by atoms with Gasteiger partial charge in [-0.1, -0.05) is 30.3 Å². The summed E-state index contributed by atoms with van der Waals surface area (Å²) >= 11 is 0. The summed E-state index contributed by atoms with van der Waals surface area (Å²) in [5, 5.41) is 0. The summed E-state index contributed by atoms with van der Waals surface area (Å²) in [7, 11) is 2.57. The number of hydrogen-bond acceptors (Lipinski definition) is 5. The van der Waals surface area contributed by atoms with Crippen molar-refractivity contribution in [3.05, 3.63) is 47.0 Å². The molecule has 1 aromatic rings. The third-order valence-corrected chi connectivity index (χ3v) is 2.60. The molecule has 3 N–H and O–H groups in total. The van der Waals surface area contributed by atoms with Gasteiger partial charge in [-0.15, -0.1) is 0 Å². The van der Waals surface area contributed by atoms with E-state index in [0.29, 0.717) is 12.0 Å². The Hall–Kier alpha value is -2.14. The van der Waals surface area contributed by atoms with Crippen molar-refractivity contribution >= 4 is 11.9 Å². The van der Waals surface area contributed by atoms with Gasteiger partial charge < -0.3 is 15.6 Å². The highest BCUT2D eigenvalue weighted by Gasteiger charge is 2.18. The summed E-state index contributed by atoms with van der Waals surface area (Å²) in [5.41, 5.74) is 1.52. The van der Waals surface area contributed by atoms with E-state index in [1.165, 1.54) is 14.2 Å². The Morgan fingerprint density at radius 2 is 1.53 bits per heavy atom. The Morgan fingerprint density at radius 1 is 1.00 bits per heavy atom. The van der Waals surface area contributed by atoms with E-state index in [1.54, 1.807) is 6.92 Å². The molecule has 0 amide bonds. The van der Waals surface area contributed by atoms with Crippen LogP contribution in [0.1, 0.15) is 12.5 Å². The number of hydrogen-bond donors (Lipinski definition) is 1. The van der Waals surface area contributed by atoms with Gasteiger partial charge in [0.2, 0.25) is 0 Å². The van der Waals surface area contributed by atoms with Gasteiger partial charge >= 0.3 is 11.9 Å². The summed E-state index contributed by atoms with van der Waals surface area (Å²) in [6.45, 7) is 1.56. The van der Waals surface area contributed by atoms with E-state index in [1.807, 2.05) is 30.3 Å². The van der Waals surface area contributed by atoms with Crippen molar-refractivity contribution in [1.82, 2.24) is 6.15 Å². The monoisotopic (exact) mass is 265 g/mol. The lowest BCUT2D eigenvalue weighted by Crippen LogP contribution is -2.14. The number of esters is 2. The topological polar surface area (TPSA) is 87.6 Å². The molecule has 0 saturated carbocycles. The Bertz CT molecular complexity index is 466. The number of benzene rings is 1. The molecule has 0 aliphatic heterocycles. The molecule has 0 bridgehead atoms. The van der Waals surface area contributed by atoms with Gasteiger partial charge in [0.1, 0.15) is 0 Å². The fourth-order valence-electron chi connectivity index (χ4n) is 1.56. The highest BCUT2D eigenvalue weighted by molar-refractivity contribution is 6.00. The predicted molar refractivity (Wildman–Crippen MR) is 71.9 cm³/mol. The number of carbonyl (C=O) groups excluding carboxylic acids is 2. The van der Waals surface area contributed by atoms with E-state index in [4.69, 9.17) is 4.74 Å². The molecule has 0 heterocycles. The highest BCUT2D eigenvalue weighted by Crippen LogP contribution is 2.14. The zero-order chi connectivity index (χ0) is 13.5. The van der Waals surface area contributed by atoms with E-state index < -0.39 is 11.9 Å². The maximum absolute atomic E-state index is 11.7.